The number of nitrogens with zero attached hydrogens (tertiary/aromatic N) is 1. The summed E-state index contributed by atoms with van der Waals surface area (Å²) in [5, 5.41) is 3.05. The fraction of sp³-hybridized carbons (Fsp3) is 0.600. The van der Waals surface area contributed by atoms with Gasteiger partial charge in [0.05, 0.1) is 5.69 Å². The number of amides is 1. The summed E-state index contributed by atoms with van der Waals surface area (Å²) >= 11 is 0. The summed E-state index contributed by atoms with van der Waals surface area (Å²) < 4.78 is 0. The van der Waals surface area contributed by atoms with Crippen LogP contribution in [0.5, 0.6) is 0 Å². The van der Waals surface area contributed by atoms with E-state index in [1.54, 1.807) is 18.3 Å². The van der Waals surface area contributed by atoms with Crippen molar-refractivity contribution in [2.45, 2.75) is 51.5 Å². The Morgan fingerprint density at radius 2 is 2.05 bits per heavy atom. The van der Waals surface area contributed by atoms with Crippen LogP contribution in [0, 0.1) is 5.92 Å². The Hall–Kier alpha value is -1.58. The molecule has 0 saturated heterocycles. The number of rotatable bonds is 3. The Morgan fingerprint density at radius 1 is 1.37 bits per heavy atom. The van der Waals surface area contributed by atoms with E-state index < -0.39 is 0 Å². The van der Waals surface area contributed by atoms with Crippen LogP contribution in [0.4, 0.5) is 5.69 Å². The van der Waals surface area contributed by atoms with Crippen molar-refractivity contribution in [1.82, 2.24) is 10.3 Å². The molecule has 4 nitrogen and oxygen atoms in total. The summed E-state index contributed by atoms with van der Waals surface area (Å²) in [4.78, 5) is 16.2. The molecule has 1 aromatic rings. The lowest BCUT2D eigenvalue weighted by Gasteiger charge is -2.23. The smallest absolute Gasteiger partial charge is 0.272 e. The first-order chi connectivity index (χ1) is 9.18. The molecule has 0 spiro atoms. The molecule has 1 amide bonds. The topological polar surface area (TPSA) is 68.0 Å². The number of hydrogen-bond acceptors (Lipinski definition) is 3. The minimum atomic E-state index is -0.158. The van der Waals surface area contributed by atoms with Gasteiger partial charge in [0.25, 0.3) is 5.91 Å². The molecule has 1 aliphatic carbocycles. The first-order valence-corrected chi connectivity index (χ1v) is 7.20. The predicted molar refractivity (Wildman–Crippen MR) is 76.8 cm³/mol. The van der Waals surface area contributed by atoms with E-state index in [-0.39, 0.29) is 11.9 Å². The molecule has 0 aromatic carbocycles. The van der Waals surface area contributed by atoms with Crippen LogP contribution >= 0.6 is 0 Å². The van der Waals surface area contributed by atoms with Crippen molar-refractivity contribution in [3.63, 3.8) is 0 Å². The van der Waals surface area contributed by atoms with Gasteiger partial charge in [-0.3, -0.25) is 4.79 Å². The normalized spacial score (nSPS) is 18.6. The monoisotopic (exact) mass is 261 g/mol. The lowest BCUT2D eigenvalue weighted by molar-refractivity contribution is 0.0920. The molecule has 4 heteroatoms. The Kier molecular flexibility index (Phi) is 4.77. The molecule has 104 valence electrons. The zero-order valence-electron chi connectivity index (χ0n) is 11.6. The summed E-state index contributed by atoms with van der Waals surface area (Å²) in [6.45, 7) is 2.09. The van der Waals surface area contributed by atoms with Gasteiger partial charge in [0, 0.05) is 12.2 Å². The number of carbonyl (C=O) groups excluding carboxylic acids is 1. The van der Waals surface area contributed by atoms with Gasteiger partial charge in [-0.15, -0.1) is 0 Å². The van der Waals surface area contributed by atoms with Gasteiger partial charge in [-0.1, -0.05) is 25.7 Å². The third kappa shape index (κ3) is 3.69. The van der Waals surface area contributed by atoms with Crippen molar-refractivity contribution in [3.8, 4) is 0 Å². The first kappa shape index (κ1) is 13.8. The SMILES string of the molecule is C[C@H](NC(=O)c1ncccc1N)C1CCCCCC1. The second-order valence-electron chi connectivity index (χ2n) is 5.46. The van der Waals surface area contributed by atoms with E-state index in [0.717, 1.165) is 0 Å². The van der Waals surface area contributed by atoms with Gasteiger partial charge in [-0.25, -0.2) is 4.98 Å². The van der Waals surface area contributed by atoms with Crippen molar-refractivity contribution >= 4 is 11.6 Å². The average Bonchev–Trinajstić information content (AvgIpc) is 2.68. The zero-order valence-corrected chi connectivity index (χ0v) is 11.6. The molecule has 1 saturated carbocycles. The molecule has 19 heavy (non-hydrogen) atoms. The fourth-order valence-electron chi connectivity index (χ4n) is 2.81. The fourth-order valence-corrected chi connectivity index (χ4v) is 2.81. The molecule has 1 aromatic heterocycles. The van der Waals surface area contributed by atoms with E-state index in [1.807, 2.05) is 0 Å². The highest BCUT2D eigenvalue weighted by Crippen LogP contribution is 2.25. The minimum Gasteiger partial charge on any atom is -0.397 e. The number of hydrogen-bond donors (Lipinski definition) is 2. The van der Waals surface area contributed by atoms with Crippen molar-refractivity contribution < 1.29 is 4.79 Å². The molecule has 1 heterocycles. The number of nitrogens with two attached hydrogens (primary N) is 1. The summed E-state index contributed by atoms with van der Waals surface area (Å²) in [5.41, 5.74) is 6.55. The number of nitrogens with one attached hydrogen (secondary N) is 1. The van der Waals surface area contributed by atoms with Crippen LogP contribution in [0.1, 0.15) is 55.9 Å². The standard InChI is InChI=1S/C15H23N3O/c1-11(12-7-4-2-3-5-8-12)18-15(19)14-13(16)9-6-10-17-14/h6,9-12H,2-5,7-8,16H2,1H3,(H,18,19)/t11-/m0/s1. The van der Waals surface area contributed by atoms with E-state index in [2.05, 4.69) is 17.2 Å². The molecule has 0 unspecified atom stereocenters. The lowest BCUT2D eigenvalue weighted by Crippen LogP contribution is -2.38. The molecule has 1 atom stereocenters. The number of anilines is 1. The van der Waals surface area contributed by atoms with E-state index in [4.69, 9.17) is 5.73 Å². The molecule has 0 aliphatic heterocycles. The second kappa shape index (κ2) is 6.55. The maximum Gasteiger partial charge on any atom is 0.272 e. The summed E-state index contributed by atoms with van der Waals surface area (Å²) in [6, 6.07) is 3.63. The van der Waals surface area contributed by atoms with Gasteiger partial charge in [0.1, 0.15) is 0 Å². The third-order valence-corrected chi connectivity index (χ3v) is 4.02. The Balaban J connectivity index is 1.96. The molecule has 0 bridgehead atoms. The number of carbonyl (C=O) groups is 1. The molecule has 1 aliphatic rings. The molecule has 0 radical (unpaired) electrons. The second-order valence-corrected chi connectivity index (χ2v) is 5.46. The maximum atomic E-state index is 12.2. The number of aromatic nitrogens is 1. The van der Waals surface area contributed by atoms with Crippen LogP contribution in [0.3, 0.4) is 0 Å². The molecular weight excluding hydrogens is 238 g/mol. The highest BCUT2D eigenvalue weighted by atomic mass is 16.1. The quantitative estimate of drug-likeness (QED) is 0.822. The van der Waals surface area contributed by atoms with Crippen LogP contribution in [0.2, 0.25) is 0 Å². The van der Waals surface area contributed by atoms with Crippen LogP contribution in [-0.2, 0) is 0 Å². The molecule has 2 rings (SSSR count). The largest absolute Gasteiger partial charge is 0.397 e. The van der Waals surface area contributed by atoms with Gasteiger partial charge in [-0.2, -0.15) is 0 Å². The third-order valence-electron chi connectivity index (χ3n) is 4.02. The zero-order chi connectivity index (χ0) is 13.7. The molecule has 1 fully saturated rings. The predicted octanol–water partition coefficient (Wildman–Crippen LogP) is 2.75. The van der Waals surface area contributed by atoms with Gasteiger partial charge >= 0.3 is 0 Å². The first-order valence-electron chi connectivity index (χ1n) is 7.20. The van der Waals surface area contributed by atoms with Gasteiger partial charge < -0.3 is 11.1 Å². The van der Waals surface area contributed by atoms with Gasteiger partial charge in [0.15, 0.2) is 5.69 Å². The Labute approximate surface area is 114 Å². The van der Waals surface area contributed by atoms with Crippen LogP contribution in [-0.4, -0.2) is 16.9 Å². The van der Waals surface area contributed by atoms with Crippen LogP contribution < -0.4 is 11.1 Å². The Bertz CT molecular complexity index is 425. The van der Waals surface area contributed by atoms with E-state index in [9.17, 15) is 4.79 Å². The number of pyridine rings is 1. The van der Waals surface area contributed by atoms with E-state index in [0.29, 0.717) is 17.3 Å². The van der Waals surface area contributed by atoms with E-state index in [1.165, 1.54) is 38.5 Å². The van der Waals surface area contributed by atoms with Crippen molar-refractivity contribution in [1.29, 1.82) is 0 Å². The highest BCUT2D eigenvalue weighted by Gasteiger charge is 2.22. The van der Waals surface area contributed by atoms with Crippen molar-refractivity contribution in [2.24, 2.45) is 5.92 Å². The van der Waals surface area contributed by atoms with Gasteiger partial charge in [0.2, 0.25) is 0 Å². The van der Waals surface area contributed by atoms with E-state index >= 15 is 0 Å². The van der Waals surface area contributed by atoms with Crippen LogP contribution in [0.15, 0.2) is 18.3 Å². The molecule has 3 N–H and O–H groups in total. The number of nitrogen functional groups attached to an aromatic ring is 1. The van der Waals surface area contributed by atoms with Crippen LogP contribution in [0.25, 0.3) is 0 Å². The van der Waals surface area contributed by atoms with Gasteiger partial charge in [-0.05, 0) is 37.8 Å². The Morgan fingerprint density at radius 3 is 2.68 bits per heavy atom. The summed E-state index contributed by atoms with van der Waals surface area (Å²) in [7, 11) is 0. The van der Waals surface area contributed by atoms with Crippen molar-refractivity contribution in [3.05, 3.63) is 24.0 Å². The van der Waals surface area contributed by atoms with Crippen molar-refractivity contribution in [2.75, 3.05) is 5.73 Å². The maximum absolute atomic E-state index is 12.2. The highest BCUT2D eigenvalue weighted by molar-refractivity contribution is 5.97. The average molecular weight is 261 g/mol. The molecular formula is C15H23N3O. The lowest BCUT2D eigenvalue weighted by atomic mass is 9.93. The minimum absolute atomic E-state index is 0.158. The summed E-state index contributed by atoms with van der Waals surface area (Å²) in [5.74, 6) is 0.422. The summed E-state index contributed by atoms with van der Waals surface area (Å²) in [6.07, 6.45) is 9.21.